The Morgan fingerprint density at radius 2 is 1.68 bits per heavy atom. The van der Waals surface area contributed by atoms with Crippen molar-refractivity contribution in [1.29, 1.82) is 0 Å². The van der Waals surface area contributed by atoms with Gasteiger partial charge in [-0.25, -0.2) is 0 Å². The van der Waals surface area contributed by atoms with E-state index in [2.05, 4.69) is 5.18 Å². The zero-order chi connectivity index (χ0) is 15.9. The van der Waals surface area contributed by atoms with Crippen molar-refractivity contribution in [2.24, 2.45) is 12.2 Å². The topological polar surface area (TPSA) is 34.4 Å². The van der Waals surface area contributed by atoms with E-state index in [-0.39, 0.29) is 0 Å². The maximum atomic E-state index is 12.6. The van der Waals surface area contributed by atoms with Gasteiger partial charge >= 0.3 is 6.18 Å². The van der Waals surface area contributed by atoms with Gasteiger partial charge in [-0.15, -0.1) is 4.91 Å². The molecule has 0 radical (unpaired) electrons. The SMILES string of the molecule is Cn1c(-c2ccc(C(F)(F)F)cc2)cc2cc(N=O)ccc21. The maximum absolute atomic E-state index is 12.6. The normalized spacial score (nSPS) is 11.8. The number of aromatic nitrogens is 1. The van der Waals surface area contributed by atoms with Crippen molar-refractivity contribution in [3.05, 3.63) is 59.0 Å². The second kappa shape index (κ2) is 4.98. The highest BCUT2D eigenvalue weighted by molar-refractivity contribution is 5.89. The maximum Gasteiger partial charge on any atom is 0.416 e. The van der Waals surface area contributed by atoms with Gasteiger partial charge in [-0.1, -0.05) is 12.1 Å². The fraction of sp³-hybridized carbons (Fsp3) is 0.125. The lowest BCUT2D eigenvalue weighted by Crippen LogP contribution is -2.04. The summed E-state index contributed by atoms with van der Waals surface area (Å²) in [5.41, 5.74) is 1.96. The van der Waals surface area contributed by atoms with E-state index in [9.17, 15) is 18.1 Å². The van der Waals surface area contributed by atoms with Crippen LogP contribution in [-0.4, -0.2) is 4.57 Å². The molecule has 0 spiro atoms. The lowest BCUT2D eigenvalue weighted by molar-refractivity contribution is -0.137. The van der Waals surface area contributed by atoms with E-state index >= 15 is 0 Å². The monoisotopic (exact) mass is 304 g/mol. The van der Waals surface area contributed by atoms with E-state index in [0.717, 1.165) is 28.7 Å². The molecule has 3 aromatic rings. The molecule has 112 valence electrons. The third-order valence-electron chi connectivity index (χ3n) is 3.64. The van der Waals surface area contributed by atoms with Gasteiger partial charge in [0.05, 0.1) is 5.56 Å². The van der Waals surface area contributed by atoms with Crippen LogP contribution in [0.3, 0.4) is 0 Å². The predicted molar refractivity (Wildman–Crippen MR) is 78.8 cm³/mol. The lowest BCUT2D eigenvalue weighted by atomic mass is 10.1. The Bertz CT molecular complexity index is 848. The number of rotatable bonds is 2. The molecule has 0 aliphatic rings. The highest BCUT2D eigenvalue weighted by Gasteiger charge is 2.30. The van der Waals surface area contributed by atoms with Crippen LogP contribution in [0.2, 0.25) is 0 Å². The summed E-state index contributed by atoms with van der Waals surface area (Å²) in [6, 6.07) is 11.8. The molecule has 3 rings (SSSR count). The zero-order valence-corrected chi connectivity index (χ0v) is 11.6. The van der Waals surface area contributed by atoms with Crippen LogP contribution in [0.4, 0.5) is 18.9 Å². The lowest BCUT2D eigenvalue weighted by Gasteiger charge is -2.08. The van der Waals surface area contributed by atoms with Gasteiger partial charge in [0, 0.05) is 23.6 Å². The van der Waals surface area contributed by atoms with Gasteiger partial charge < -0.3 is 4.57 Å². The predicted octanol–water partition coefficient (Wildman–Crippen LogP) is 5.26. The number of benzene rings is 2. The molecule has 22 heavy (non-hydrogen) atoms. The van der Waals surface area contributed by atoms with Gasteiger partial charge in [-0.2, -0.15) is 13.2 Å². The number of nitrogens with zero attached hydrogens (tertiary/aromatic N) is 2. The second-order valence-corrected chi connectivity index (χ2v) is 5.00. The molecule has 1 heterocycles. The summed E-state index contributed by atoms with van der Waals surface area (Å²) in [4.78, 5) is 10.6. The van der Waals surface area contributed by atoms with E-state index in [1.807, 2.05) is 17.7 Å². The minimum Gasteiger partial charge on any atom is -0.344 e. The van der Waals surface area contributed by atoms with Crippen molar-refractivity contribution in [1.82, 2.24) is 4.57 Å². The van der Waals surface area contributed by atoms with Gasteiger partial charge in [-0.05, 0) is 47.1 Å². The highest BCUT2D eigenvalue weighted by atomic mass is 19.4. The van der Waals surface area contributed by atoms with E-state index in [4.69, 9.17) is 0 Å². The van der Waals surface area contributed by atoms with Crippen LogP contribution in [0.5, 0.6) is 0 Å². The molecule has 0 bridgehead atoms. The van der Waals surface area contributed by atoms with Crippen LogP contribution in [0, 0.1) is 4.91 Å². The molecular weight excluding hydrogens is 293 g/mol. The van der Waals surface area contributed by atoms with Crippen LogP contribution in [0.25, 0.3) is 22.2 Å². The Hall–Kier alpha value is -2.63. The Morgan fingerprint density at radius 3 is 2.27 bits per heavy atom. The first-order chi connectivity index (χ1) is 10.4. The average molecular weight is 304 g/mol. The van der Waals surface area contributed by atoms with Crippen LogP contribution in [0.1, 0.15) is 5.56 Å². The first-order valence-electron chi connectivity index (χ1n) is 6.50. The summed E-state index contributed by atoms with van der Waals surface area (Å²) in [6.45, 7) is 0. The van der Waals surface area contributed by atoms with Crippen molar-refractivity contribution < 1.29 is 13.2 Å². The first-order valence-corrected chi connectivity index (χ1v) is 6.50. The molecule has 6 heteroatoms. The number of fused-ring (bicyclic) bond motifs is 1. The number of hydrogen-bond donors (Lipinski definition) is 0. The minimum atomic E-state index is -4.35. The Labute approximate surface area is 124 Å². The summed E-state index contributed by atoms with van der Waals surface area (Å²) in [5, 5.41) is 3.70. The zero-order valence-electron chi connectivity index (χ0n) is 11.6. The highest BCUT2D eigenvalue weighted by Crippen LogP contribution is 2.33. The summed E-state index contributed by atoms with van der Waals surface area (Å²) < 4.78 is 39.7. The molecule has 0 N–H and O–H groups in total. The van der Waals surface area contributed by atoms with Gasteiger partial charge in [0.15, 0.2) is 0 Å². The molecule has 0 saturated heterocycles. The van der Waals surface area contributed by atoms with E-state index in [0.29, 0.717) is 11.3 Å². The molecule has 0 unspecified atom stereocenters. The van der Waals surface area contributed by atoms with Crippen LogP contribution in [-0.2, 0) is 13.2 Å². The van der Waals surface area contributed by atoms with Crippen molar-refractivity contribution in [2.45, 2.75) is 6.18 Å². The first kappa shape index (κ1) is 14.3. The number of nitroso groups, excluding NO2 is 1. The Balaban J connectivity index is 2.10. The van der Waals surface area contributed by atoms with Gasteiger partial charge in [0.2, 0.25) is 0 Å². The number of aryl methyl sites for hydroxylation is 1. The van der Waals surface area contributed by atoms with Crippen molar-refractivity contribution >= 4 is 16.6 Å². The van der Waals surface area contributed by atoms with Crippen LogP contribution >= 0.6 is 0 Å². The van der Waals surface area contributed by atoms with Gasteiger partial charge in [-0.3, -0.25) is 0 Å². The van der Waals surface area contributed by atoms with E-state index in [1.165, 1.54) is 12.1 Å². The average Bonchev–Trinajstić information content (AvgIpc) is 2.83. The molecule has 0 aliphatic heterocycles. The quantitative estimate of drug-likeness (QED) is 0.594. The molecule has 0 saturated carbocycles. The Kier molecular flexibility index (Phi) is 3.24. The molecular formula is C16H11F3N2O. The summed E-state index contributed by atoms with van der Waals surface area (Å²) in [5.74, 6) is 0. The number of hydrogen-bond acceptors (Lipinski definition) is 2. The largest absolute Gasteiger partial charge is 0.416 e. The fourth-order valence-electron chi connectivity index (χ4n) is 2.50. The fourth-order valence-corrected chi connectivity index (χ4v) is 2.50. The molecule has 0 amide bonds. The summed E-state index contributed by atoms with van der Waals surface area (Å²) in [7, 11) is 1.82. The van der Waals surface area contributed by atoms with Crippen LogP contribution in [0.15, 0.2) is 53.7 Å². The van der Waals surface area contributed by atoms with Gasteiger partial charge in [0.25, 0.3) is 0 Å². The molecule has 0 fully saturated rings. The van der Waals surface area contributed by atoms with Crippen molar-refractivity contribution in [3.8, 4) is 11.3 Å². The van der Waals surface area contributed by atoms with Crippen molar-refractivity contribution in [2.75, 3.05) is 0 Å². The molecule has 2 aromatic carbocycles. The smallest absolute Gasteiger partial charge is 0.344 e. The van der Waals surface area contributed by atoms with Crippen LogP contribution < -0.4 is 0 Å². The minimum absolute atomic E-state index is 0.317. The standard InChI is InChI=1S/C16H11F3N2O/c1-21-14-7-6-13(20-22)8-11(14)9-15(21)10-2-4-12(5-3-10)16(17,18)19/h2-9H,1H3. The molecule has 0 atom stereocenters. The molecule has 0 aliphatic carbocycles. The van der Waals surface area contributed by atoms with E-state index in [1.54, 1.807) is 18.2 Å². The third kappa shape index (κ3) is 2.36. The van der Waals surface area contributed by atoms with E-state index < -0.39 is 11.7 Å². The van der Waals surface area contributed by atoms with Crippen molar-refractivity contribution in [3.63, 3.8) is 0 Å². The van der Waals surface area contributed by atoms with Gasteiger partial charge in [0.1, 0.15) is 5.69 Å². The number of halogens is 3. The second-order valence-electron chi connectivity index (χ2n) is 5.00. The third-order valence-corrected chi connectivity index (χ3v) is 3.64. The molecule has 1 aromatic heterocycles. The Morgan fingerprint density at radius 1 is 1.00 bits per heavy atom. The molecule has 3 nitrogen and oxygen atoms in total. The summed E-state index contributed by atoms with van der Waals surface area (Å²) >= 11 is 0. The number of alkyl halides is 3. The summed E-state index contributed by atoms with van der Waals surface area (Å²) in [6.07, 6.45) is -4.35.